The lowest BCUT2D eigenvalue weighted by atomic mass is 9.88. The van der Waals surface area contributed by atoms with Gasteiger partial charge in [-0.2, -0.15) is 0 Å². The van der Waals surface area contributed by atoms with Gasteiger partial charge in [-0.25, -0.2) is 4.79 Å². The van der Waals surface area contributed by atoms with E-state index in [2.05, 4.69) is 11.4 Å². The number of hydrogen-bond donors (Lipinski definition) is 1. The number of benzene rings is 2. The van der Waals surface area contributed by atoms with Gasteiger partial charge in [0.2, 0.25) is 5.91 Å². The summed E-state index contributed by atoms with van der Waals surface area (Å²) in [5, 5.41) is 2.66. The summed E-state index contributed by atoms with van der Waals surface area (Å²) in [6, 6.07) is 15.2. The van der Waals surface area contributed by atoms with E-state index in [0.717, 1.165) is 28.1 Å². The normalized spacial score (nSPS) is 14.3. The molecule has 6 nitrogen and oxygen atoms in total. The molecule has 0 aliphatic carbocycles. The largest absolute Gasteiger partial charge is 0.494 e. The second-order valence-corrected chi connectivity index (χ2v) is 8.06. The van der Waals surface area contributed by atoms with Gasteiger partial charge in [0.1, 0.15) is 12.4 Å². The summed E-state index contributed by atoms with van der Waals surface area (Å²) < 4.78 is 10.8. The molecular formula is C25H30N2O4. The molecule has 0 saturated heterocycles. The van der Waals surface area contributed by atoms with Crippen molar-refractivity contribution in [2.24, 2.45) is 0 Å². The van der Waals surface area contributed by atoms with Crippen molar-refractivity contribution >= 4 is 23.3 Å². The molecule has 3 rings (SSSR count). The first-order chi connectivity index (χ1) is 14.8. The molecule has 2 aromatic carbocycles. The average Bonchev–Trinajstić information content (AvgIpc) is 2.73. The first-order valence-corrected chi connectivity index (χ1v) is 10.6. The van der Waals surface area contributed by atoms with Gasteiger partial charge in [0.05, 0.1) is 17.8 Å². The standard InChI is InChI=1S/C25H30N2O4/c1-5-30-20-11-12-22-21(15-20)18(2)16-25(3,4)27(22)23(28)13-14-26-24(29)31-17-19-9-7-6-8-10-19/h6-12,15-16H,5,13-14,17H2,1-4H3,(H,26,29). The Morgan fingerprint density at radius 2 is 1.84 bits per heavy atom. The van der Waals surface area contributed by atoms with Crippen LogP contribution >= 0.6 is 0 Å². The molecule has 0 unspecified atom stereocenters. The van der Waals surface area contributed by atoms with E-state index in [1.807, 2.05) is 76.2 Å². The van der Waals surface area contributed by atoms with Crippen LogP contribution in [0.3, 0.4) is 0 Å². The molecule has 0 spiro atoms. The molecule has 0 aromatic heterocycles. The number of nitrogens with one attached hydrogen (secondary N) is 1. The van der Waals surface area contributed by atoms with Crippen LogP contribution in [-0.2, 0) is 16.1 Å². The van der Waals surface area contributed by atoms with E-state index in [0.29, 0.717) is 6.61 Å². The number of rotatable bonds is 7. The van der Waals surface area contributed by atoms with E-state index in [-0.39, 0.29) is 25.5 Å². The molecule has 0 bridgehead atoms. The molecule has 1 N–H and O–H groups in total. The number of carbonyl (C=O) groups is 2. The summed E-state index contributed by atoms with van der Waals surface area (Å²) in [5.41, 5.74) is 3.37. The Morgan fingerprint density at radius 1 is 1.10 bits per heavy atom. The van der Waals surface area contributed by atoms with E-state index < -0.39 is 11.6 Å². The second kappa shape index (κ2) is 9.69. The number of allylic oxidation sites excluding steroid dienone is 1. The monoisotopic (exact) mass is 422 g/mol. The third-order valence-electron chi connectivity index (χ3n) is 5.16. The average molecular weight is 423 g/mol. The molecule has 1 heterocycles. The SMILES string of the molecule is CCOc1ccc2c(c1)C(C)=CC(C)(C)N2C(=O)CCNC(=O)OCc1ccccc1. The van der Waals surface area contributed by atoms with Crippen LogP contribution in [0.1, 0.15) is 45.2 Å². The third kappa shape index (κ3) is 5.45. The minimum absolute atomic E-state index is 0.0671. The van der Waals surface area contributed by atoms with Gasteiger partial charge in [0, 0.05) is 18.5 Å². The number of carbonyl (C=O) groups excluding carboxylic acids is 2. The van der Waals surface area contributed by atoms with Crippen molar-refractivity contribution in [2.75, 3.05) is 18.1 Å². The number of amides is 2. The molecule has 0 fully saturated rings. The molecule has 1 aliphatic rings. The molecule has 6 heteroatoms. The zero-order chi connectivity index (χ0) is 22.4. The van der Waals surface area contributed by atoms with Crippen LogP contribution in [0.5, 0.6) is 5.75 Å². The van der Waals surface area contributed by atoms with Crippen LogP contribution in [0.25, 0.3) is 5.57 Å². The summed E-state index contributed by atoms with van der Waals surface area (Å²) in [4.78, 5) is 26.9. The van der Waals surface area contributed by atoms with Crippen molar-refractivity contribution in [3.63, 3.8) is 0 Å². The summed E-state index contributed by atoms with van der Waals surface area (Å²) in [7, 11) is 0. The first kappa shape index (κ1) is 22.4. The molecular weight excluding hydrogens is 392 g/mol. The predicted octanol–water partition coefficient (Wildman–Crippen LogP) is 4.93. The highest BCUT2D eigenvalue weighted by Gasteiger charge is 2.35. The lowest BCUT2D eigenvalue weighted by Gasteiger charge is -2.41. The minimum Gasteiger partial charge on any atom is -0.494 e. The molecule has 2 aromatic rings. The van der Waals surface area contributed by atoms with Gasteiger partial charge < -0.3 is 19.7 Å². The zero-order valence-corrected chi connectivity index (χ0v) is 18.6. The number of nitrogens with zero attached hydrogens (tertiary/aromatic N) is 1. The van der Waals surface area contributed by atoms with Gasteiger partial charge in [0.25, 0.3) is 0 Å². The van der Waals surface area contributed by atoms with Crippen molar-refractivity contribution in [3.8, 4) is 5.75 Å². The molecule has 0 radical (unpaired) electrons. The van der Waals surface area contributed by atoms with Crippen molar-refractivity contribution in [1.29, 1.82) is 0 Å². The van der Waals surface area contributed by atoms with Crippen LogP contribution in [-0.4, -0.2) is 30.7 Å². The van der Waals surface area contributed by atoms with Crippen molar-refractivity contribution in [1.82, 2.24) is 5.32 Å². The van der Waals surface area contributed by atoms with Crippen LogP contribution in [0.2, 0.25) is 0 Å². The molecule has 0 atom stereocenters. The number of hydrogen-bond acceptors (Lipinski definition) is 4. The maximum absolute atomic E-state index is 13.1. The van der Waals surface area contributed by atoms with E-state index in [1.165, 1.54) is 0 Å². The number of alkyl carbamates (subject to hydrolysis) is 1. The van der Waals surface area contributed by atoms with E-state index >= 15 is 0 Å². The highest BCUT2D eigenvalue weighted by Crippen LogP contribution is 2.40. The van der Waals surface area contributed by atoms with Crippen LogP contribution in [0.15, 0.2) is 54.6 Å². The van der Waals surface area contributed by atoms with E-state index in [9.17, 15) is 9.59 Å². The number of ether oxygens (including phenoxy) is 2. The van der Waals surface area contributed by atoms with Crippen LogP contribution in [0, 0.1) is 0 Å². The maximum Gasteiger partial charge on any atom is 0.407 e. The van der Waals surface area contributed by atoms with Crippen LogP contribution in [0.4, 0.5) is 10.5 Å². The van der Waals surface area contributed by atoms with Gasteiger partial charge in [-0.05, 0) is 57.0 Å². The fourth-order valence-corrected chi connectivity index (χ4v) is 3.88. The van der Waals surface area contributed by atoms with Gasteiger partial charge in [-0.15, -0.1) is 0 Å². The topological polar surface area (TPSA) is 67.9 Å². The molecule has 1 aliphatic heterocycles. The predicted molar refractivity (Wildman–Crippen MR) is 122 cm³/mol. The summed E-state index contributed by atoms with van der Waals surface area (Å²) in [6.07, 6.45) is 1.72. The maximum atomic E-state index is 13.1. The van der Waals surface area contributed by atoms with E-state index in [1.54, 1.807) is 4.90 Å². The quantitative estimate of drug-likeness (QED) is 0.687. The Balaban J connectivity index is 1.62. The van der Waals surface area contributed by atoms with Crippen LogP contribution < -0.4 is 15.0 Å². The minimum atomic E-state index is -0.535. The number of anilines is 1. The smallest absolute Gasteiger partial charge is 0.407 e. The third-order valence-corrected chi connectivity index (χ3v) is 5.16. The van der Waals surface area contributed by atoms with Gasteiger partial charge in [-0.3, -0.25) is 4.79 Å². The Morgan fingerprint density at radius 3 is 2.55 bits per heavy atom. The second-order valence-electron chi connectivity index (χ2n) is 8.06. The highest BCUT2D eigenvalue weighted by atomic mass is 16.5. The summed E-state index contributed by atoms with van der Waals surface area (Å²) in [5.74, 6) is 0.714. The summed E-state index contributed by atoms with van der Waals surface area (Å²) >= 11 is 0. The molecule has 31 heavy (non-hydrogen) atoms. The molecule has 0 saturated carbocycles. The fourth-order valence-electron chi connectivity index (χ4n) is 3.88. The Labute approximate surface area is 183 Å². The Kier molecular flexibility index (Phi) is 7.00. The molecule has 164 valence electrons. The highest BCUT2D eigenvalue weighted by molar-refractivity contribution is 6.00. The molecule has 2 amide bonds. The summed E-state index contributed by atoms with van der Waals surface area (Å²) in [6.45, 7) is 8.99. The van der Waals surface area contributed by atoms with Gasteiger partial charge >= 0.3 is 6.09 Å². The van der Waals surface area contributed by atoms with Gasteiger partial charge in [0.15, 0.2) is 0 Å². The Bertz CT molecular complexity index is 967. The van der Waals surface area contributed by atoms with Gasteiger partial charge in [-0.1, -0.05) is 36.4 Å². The first-order valence-electron chi connectivity index (χ1n) is 10.6. The number of fused-ring (bicyclic) bond motifs is 1. The Hall–Kier alpha value is -3.28. The van der Waals surface area contributed by atoms with Crippen molar-refractivity contribution in [3.05, 3.63) is 65.7 Å². The van der Waals surface area contributed by atoms with Crippen molar-refractivity contribution < 1.29 is 19.1 Å². The van der Waals surface area contributed by atoms with E-state index in [4.69, 9.17) is 9.47 Å². The zero-order valence-electron chi connectivity index (χ0n) is 18.6. The lowest BCUT2D eigenvalue weighted by molar-refractivity contribution is -0.119. The fraction of sp³-hybridized carbons (Fsp3) is 0.360. The lowest BCUT2D eigenvalue weighted by Crippen LogP contribution is -2.49. The van der Waals surface area contributed by atoms with Crippen molar-refractivity contribution in [2.45, 2.75) is 46.3 Å².